The summed E-state index contributed by atoms with van der Waals surface area (Å²) in [5.74, 6) is 0. The minimum Gasteiger partial charge on any atom is -0.455 e. The van der Waals surface area contributed by atoms with Crippen LogP contribution in [-0.4, -0.2) is 0 Å². The summed E-state index contributed by atoms with van der Waals surface area (Å²) in [6, 6.07) is 71.4. The zero-order valence-corrected chi connectivity index (χ0v) is 45.6. The molecule has 1 aromatic heterocycles. The van der Waals surface area contributed by atoms with E-state index in [1.807, 2.05) is 0 Å². The van der Waals surface area contributed by atoms with E-state index in [0.717, 1.165) is 100 Å². The maximum atomic E-state index is 7.53. The highest BCUT2D eigenvalue weighted by atomic mass is 16.3. The summed E-state index contributed by atoms with van der Waals surface area (Å²) in [5, 5.41) is 4.57. The number of hydrogen-bond acceptors (Lipinski definition) is 3. The minimum absolute atomic E-state index is 0.00953. The molecule has 1 heterocycles. The predicted molar refractivity (Wildman–Crippen MR) is 326 cm³/mol. The predicted octanol–water partition coefficient (Wildman–Crippen LogP) is 20.4. The van der Waals surface area contributed by atoms with Crippen molar-refractivity contribution >= 4 is 61.1 Å². The fraction of sp³-hybridized carbons (Fsp3) is 0.216. The standard InChI is InChI=1S/C74H68N2O/c1-49-22-11-8-16-29-56(40-34-49)75(57-42-36-52(37-43-57)72(2,3)4)66-48-64-70(71-69(66)62-32-19-20-33-67(62)77-71)68-61-31-18-17-30-60(61)65(47-63(68)74(64,54-25-12-9-13-26-54)55-27-14-10-15-28-55)76(58-44-38-53(39-45-58)73(5,6)7)59-41-35-50-23-21-24-51(50)46-59/h9-10,12-15,17-20,25-48H,1,8,11,16,21-24H2,2-7H3/b40-34-,56-29+. The Morgan fingerprint density at radius 3 is 1.69 bits per heavy atom. The van der Waals surface area contributed by atoms with Crippen LogP contribution in [0.1, 0.15) is 118 Å². The number of rotatable bonds is 8. The Balaban J connectivity index is 1.19. The van der Waals surface area contributed by atoms with Crippen LogP contribution in [-0.2, 0) is 29.1 Å². The summed E-state index contributed by atoms with van der Waals surface area (Å²) in [6.45, 7) is 18.3. The largest absolute Gasteiger partial charge is 0.455 e. The molecule has 3 nitrogen and oxygen atoms in total. The normalized spacial score (nSPS) is 16.3. The zero-order chi connectivity index (χ0) is 52.6. The molecule has 77 heavy (non-hydrogen) atoms. The summed E-state index contributed by atoms with van der Waals surface area (Å²) in [6.07, 6.45) is 14.6. The van der Waals surface area contributed by atoms with E-state index >= 15 is 0 Å². The van der Waals surface area contributed by atoms with Gasteiger partial charge in [0.25, 0.3) is 0 Å². The maximum Gasteiger partial charge on any atom is 0.145 e. The summed E-state index contributed by atoms with van der Waals surface area (Å²) >= 11 is 0. The van der Waals surface area contributed by atoms with Crippen LogP contribution < -0.4 is 9.80 Å². The number of aryl methyl sites for hydroxylation is 2. The van der Waals surface area contributed by atoms with Crippen LogP contribution in [0.4, 0.5) is 28.4 Å². The Morgan fingerprint density at radius 2 is 1.03 bits per heavy atom. The van der Waals surface area contributed by atoms with Crippen LogP contribution in [0.25, 0.3) is 43.8 Å². The van der Waals surface area contributed by atoms with Crippen molar-refractivity contribution in [3.8, 4) is 11.1 Å². The molecule has 0 radical (unpaired) electrons. The summed E-state index contributed by atoms with van der Waals surface area (Å²) in [5.41, 5.74) is 21.6. The third-order valence-corrected chi connectivity index (χ3v) is 17.0. The lowest BCUT2D eigenvalue weighted by Gasteiger charge is -2.36. The number of para-hydroxylation sites is 1. The van der Waals surface area contributed by atoms with Crippen molar-refractivity contribution in [2.24, 2.45) is 0 Å². The molecule has 0 atom stereocenters. The molecule has 3 aliphatic rings. The van der Waals surface area contributed by atoms with Gasteiger partial charge in [-0.3, -0.25) is 0 Å². The molecule has 9 aromatic carbocycles. The van der Waals surface area contributed by atoms with E-state index < -0.39 is 5.41 Å². The van der Waals surface area contributed by atoms with Crippen LogP contribution in [0.5, 0.6) is 0 Å². The molecule has 0 bridgehead atoms. The number of furan rings is 1. The quantitative estimate of drug-likeness (QED) is 0.151. The first-order chi connectivity index (χ1) is 37.4. The zero-order valence-electron chi connectivity index (χ0n) is 45.6. The lowest BCUT2D eigenvalue weighted by Crippen LogP contribution is -2.29. The lowest BCUT2D eigenvalue weighted by molar-refractivity contribution is 0.590. The second kappa shape index (κ2) is 18.8. The molecule has 0 spiro atoms. The first-order valence-corrected chi connectivity index (χ1v) is 28.0. The molecule has 0 unspecified atom stereocenters. The monoisotopic (exact) mass is 1000 g/mol. The van der Waals surface area contributed by atoms with Crippen LogP contribution >= 0.6 is 0 Å². The first-order valence-electron chi connectivity index (χ1n) is 28.0. The van der Waals surface area contributed by atoms with Gasteiger partial charge >= 0.3 is 0 Å². The highest BCUT2D eigenvalue weighted by Crippen LogP contribution is 2.63. The van der Waals surface area contributed by atoms with Gasteiger partial charge in [0, 0.05) is 39.1 Å². The SMILES string of the molecule is C=C1/C=C\C(N(c2ccc(C(C)(C)C)cc2)c2cc3c(c4oc5ccccc5c24)-c2c(cc(N(c4ccc(C(C)(C)C)cc4)c4ccc5c(c4)CCC5)c4ccccc24)C3(c2ccccc2)c2ccccc2)=C/CCCC1. The molecule has 380 valence electrons. The molecule has 3 heteroatoms. The summed E-state index contributed by atoms with van der Waals surface area (Å²) in [7, 11) is 0. The molecule has 0 fully saturated rings. The third-order valence-electron chi connectivity index (χ3n) is 17.0. The van der Waals surface area contributed by atoms with Crippen LogP contribution in [0.2, 0.25) is 0 Å². The molecule has 0 aliphatic heterocycles. The minimum atomic E-state index is -0.799. The molecular weight excluding hydrogens is 933 g/mol. The number of allylic oxidation sites excluding steroid dienone is 4. The Bertz CT molecular complexity index is 3930. The van der Waals surface area contributed by atoms with E-state index in [2.05, 4.69) is 264 Å². The van der Waals surface area contributed by atoms with Gasteiger partial charge in [-0.2, -0.15) is 0 Å². The number of benzene rings is 9. The Kier molecular flexibility index (Phi) is 11.9. The highest BCUT2D eigenvalue weighted by Gasteiger charge is 2.50. The van der Waals surface area contributed by atoms with Gasteiger partial charge in [-0.25, -0.2) is 0 Å². The molecule has 3 aliphatic carbocycles. The molecule has 10 aromatic rings. The number of fused-ring (bicyclic) bond motifs is 10. The molecule has 0 saturated carbocycles. The molecule has 0 N–H and O–H groups in total. The van der Waals surface area contributed by atoms with Crippen molar-refractivity contribution in [1.29, 1.82) is 0 Å². The lowest BCUT2D eigenvalue weighted by atomic mass is 9.67. The second-order valence-electron chi connectivity index (χ2n) is 23.9. The Hall–Kier alpha value is -8.14. The van der Waals surface area contributed by atoms with Gasteiger partial charge in [0.1, 0.15) is 11.2 Å². The van der Waals surface area contributed by atoms with Crippen molar-refractivity contribution in [3.63, 3.8) is 0 Å². The van der Waals surface area contributed by atoms with E-state index in [9.17, 15) is 0 Å². The average Bonchev–Trinajstić information content (AvgIpc) is 3.80. The van der Waals surface area contributed by atoms with Gasteiger partial charge in [0.05, 0.1) is 22.2 Å². The average molecular weight is 1000 g/mol. The molecule has 13 rings (SSSR count). The molecular formula is C74H68N2O. The van der Waals surface area contributed by atoms with Gasteiger partial charge < -0.3 is 14.2 Å². The van der Waals surface area contributed by atoms with E-state index in [4.69, 9.17) is 4.42 Å². The fourth-order valence-corrected chi connectivity index (χ4v) is 13.1. The maximum absolute atomic E-state index is 7.53. The summed E-state index contributed by atoms with van der Waals surface area (Å²) < 4.78 is 7.53. The van der Waals surface area contributed by atoms with Crippen LogP contribution in [0.3, 0.4) is 0 Å². The number of hydrogen-bond donors (Lipinski definition) is 0. The summed E-state index contributed by atoms with van der Waals surface area (Å²) in [4.78, 5) is 5.07. The van der Waals surface area contributed by atoms with Crippen LogP contribution in [0.15, 0.2) is 229 Å². The van der Waals surface area contributed by atoms with Gasteiger partial charge in [-0.15, -0.1) is 0 Å². The first kappa shape index (κ1) is 48.5. The topological polar surface area (TPSA) is 19.6 Å². The van der Waals surface area contributed by atoms with Crippen LogP contribution in [0, 0.1) is 0 Å². The third kappa shape index (κ3) is 8.17. The van der Waals surface area contributed by atoms with Crippen molar-refractivity contribution in [1.82, 2.24) is 0 Å². The van der Waals surface area contributed by atoms with E-state index in [-0.39, 0.29) is 10.8 Å². The van der Waals surface area contributed by atoms with Gasteiger partial charge in [-0.05, 0) is 172 Å². The fourth-order valence-electron chi connectivity index (χ4n) is 13.1. The smallest absolute Gasteiger partial charge is 0.145 e. The second-order valence-corrected chi connectivity index (χ2v) is 23.9. The van der Waals surface area contributed by atoms with Crippen molar-refractivity contribution in [2.75, 3.05) is 9.80 Å². The van der Waals surface area contributed by atoms with E-state index in [1.54, 1.807) is 0 Å². The van der Waals surface area contributed by atoms with Gasteiger partial charge in [0.15, 0.2) is 0 Å². The van der Waals surface area contributed by atoms with Gasteiger partial charge in [0.2, 0.25) is 0 Å². The van der Waals surface area contributed by atoms with Crippen molar-refractivity contribution < 1.29 is 4.42 Å². The van der Waals surface area contributed by atoms with E-state index in [0.29, 0.717) is 0 Å². The molecule has 0 amide bonds. The number of nitrogens with zero attached hydrogens (tertiary/aromatic N) is 2. The van der Waals surface area contributed by atoms with Gasteiger partial charge in [-0.1, -0.05) is 199 Å². The van der Waals surface area contributed by atoms with Crippen molar-refractivity contribution in [3.05, 3.63) is 269 Å². The highest BCUT2D eigenvalue weighted by molar-refractivity contribution is 6.22. The van der Waals surface area contributed by atoms with Crippen molar-refractivity contribution in [2.45, 2.75) is 103 Å². The number of anilines is 5. The van der Waals surface area contributed by atoms with E-state index in [1.165, 1.54) is 73.0 Å². The molecule has 0 saturated heterocycles. The Morgan fingerprint density at radius 1 is 0.468 bits per heavy atom. The Labute approximate surface area is 455 Å².